The first-order valence-electron chi connectivity index (χ1n) is 13.0. The number of anilines is 1. The van der Waals surface area contributed by atoms with Crippen molar-refractivity contribution in [2.24, 2.45) is 0 Å². The molecule has 3 aromatic carbocycles. The van der Waals surface area contributed by atoms with Crippen molar-refractivity contribution in [1.29, 1.82) is 0 Å². The van der Waals surface area contributed by atoms with Gasteiger partial charge in [-0.1, -0.05) is 35.9 Å². The molecule has 0 fully saturated rings. The minimum absolute atomic E-state index is 0.0271. The standard InChI is InChI=1S/C32H31ClN2O5/c1-18-29(32(37)35-21-10-12-22(38-2)13-11-21)30(23-7-5-6-8-24(23)33)31-25(34-18)15-20(16-26(31)36)19-9-14-27(39-3)28(17-19)40-4/h5-14,17,20,30,34H,15-16H2,1-4H3,(H,35,37)/t20-,30+/m0/s1. The number of benzene rings is 3. The van der Waals surface area contributed by atoms with Crippen LogP contribution < -0.4 is 24.8 Å². The first-order valence-corrected chi connectivity index (χ1v) is 13.4. The Hall–Kier alpha value is -4.23. The summed E-state index contributed by atoms with van der Waals surface area (Å²) in [4.78, 5) is 27.7. The summed E-state index contributed by atoms with van der Waals surface area (Å²) in [6.07, 6.45) is 0.894. The van der Waals surface area contributed by atoms with Crippen LogP contribution in [0.4, 0.5) is 5.69 Å². The molecule has 2 N–H and O–H groups in total. The number of hydrogen-bond acceptors (Lipinski definition) is 6. The SMILES string of the molecule is COc1ccc(NC(=O)C2=C(C)NC3=C(C(=O)C[C@@H](c4ccc(OC)c(OC)c4)C3)[C@@H]2c2ccccc2Cl)cc1. The Labute approximate surface area is 238 Å². The maximum atomic E-state index is 13.9. The lowest BCUT2D eigenvalue weighted by molar-refractivity contribution is -0.116. The molecule has 206 valence electrons. The maximum absolute atomic E-state index is 13.9. The van der Waals surface area contributed by atoms with E-state index in [1.165, 1.54) is 0 Å². The Morgan fingerprint density at radius 3 is 2.33 bits per heavy atom. The average molecular weight is 559 g/mol. The monoisotopic (exact) mass is 558 g/mol. The highest BCUT2D eigenvalue weighted by Gasteiger charge is 2.41. The Morgan fingerprint density at radius 1 is 0.925 bits per heavy atom. The summed E-state index contributed by atoms with van der Waals surface area (Å²) in [5.41, 5.74) is 4.84. The summed E-state index contributed by atoms with van der Waals surface area (Å²) in [7, 11) is 4.78. The van der Waals surface area contributed by atoms with E-state index in [9.17, 15) is 9.59 Å². The van der Waals surface area contributed by atoms with Crippen LogP contribution in [0.1, 0.15) is 42.7 Å². The van der Waals surface area contributed by atoms with E-state index in [-0.39, 0.29) is 17.6 Å². The van der Waals surface area contributed by atoms with Crippen LogP contribution in [0, 0.1) is 0 Å². The summed E-state index contributed by atoms with van der Waals surface area (Å²) in [6.45, 7) is 1.86. The molecule has 1 amide bonds. The zero-order valence-electron chi connectivity index (χ0n) is 22.8. The third kappa shape index (κ3) is 5.17. The molecule has 8 heteroatoms. The predicted octanol–water partition coefficient (Wildman–Crippen LogP) is 6.37. The second-order valence-corrected chi connectivity index (χ2v) is 10.2. The Kier molecular flexibility index (Phi) is 7.85. The number of Topliss-reactive ketones (excluding diaryl/α,β-unsaturated/α-hetero) is 1. The molecule has 2 atom stereocenters. The van der Waals surface area contributed by atoms with Crippen LogP contribution in [0.5, 0.6) is 17.2 Å². The molecule has 3 aromatic rings. The molecule has 0 saturated heterocycles. The lowest BCUT2D eigenvalue weighted by atomic mass is 9.71. The number of carbonyl (C=O) groups is 2. The lowest BCUT2D eigenvalue weighted by Crippen LogP contribution is -2.37. The van der Waals surface area contributed by atoms with Gasteiger partial charge in [-0.2, -0.15) is 0 Å². The fourth-order valence-corrected chi connectivity index (χ4v) is 5.82. The number of carbonyl (C=O) groups excluding carboxylic acids is 2. The number of nitrogens with one attached hydrogen (secondary N) is 2. The van der Waals surface area contributed by atoms with Crippen LogP contribution >= 0.6 is 11.6 Å². The van der Waals surface area contributed by atoms with Gasteiger partial charge in [-0.15, -0.1) is 0 Å². The van der Waals surface area contributed by atoms with Crippen LogP contribution in [-0.4, -0.2) is 33.0 Å². The summed E-state index contributed by atoms with van der Waals surface area (Å²) in [6, 6.07) is 20.2. The average Bonchev–Trinajstić information content (AvgIpc) is 2.96. The lowest BCUT2D eigenvalue weighted by Gasteiger charge is -2.37. The zero-order valence-corrected chi connectivity index (χ0v) is 23.6. The fraction of sp³-hybridized carbons (Fsp3) is 0.250. The van der Waals surface area contributed by atoms with E-state index in [4.69, 9.17) is 25.8 Å². The summed E-state index contributed by atoms with van der Waals surface area (Å²) < 4.78 is 16.1. The predicted molar refractivity (Wildman–Crippen MR) is 155 cm³/mol. The number of allylic oxidation sites excluding steroid dienone is 3. The second-order valence-electron chi connectivity index (χ2n) is 9.84. The molecular weight excluding hydrogens is 528 g/mol. The van der Waals surface area contributed by atoms with Gasteiger partial charge in [-0.25, -0.2) is 0 Å². The molecule has 5 rings (SSSR count). The highest BCUT2D eigenvalue weighted by Crippen LogP contribution is 2.47. The molecule has 0 unspecified atom stereocenters. The van der Waals surface area contributed by atoms with Gasteiger partial charge < -0.3 is 24.8 Å². The molecule has 1 aliphatic heterocycles. The van der Waals surface area contributed by atoms with Crippen LogP contribution in [0.2, 0.25) is 5.02 Å². The van der Waals surface area contributed by atoms with Gasteiger partial charge in [0, 0.05) is 45.6 Å². The number of ether oxygens (including phenoxy) is 3. The molecule has 0 saturated carbocycles. The molecule has 1 aliphatic carbocycles. The van der Waals surface area contributed by atoms with Crippen molar-refractivity contribution in [3.8, 4) is 17.2 Å². The van der Waals surface area contributed by atoms with Crippen LogP contribution in [-0.2, 0) is 9.59 Å². The first kappa shape index (κ1) is 27.3. The van der Waals surface area contributed by atoms with Crippen molar-refractivity contribution in [3.63, 3.8) is 0 Å². The topological polar surface area (TPSA) is 85.9 Å². The van der Waals surface area contributed by atoms with Gasteiger partial charge in [0.15, 0.2) is 17.3 Å². The van der Waals surface area contributed by atoms with E-state index >= 15 is 0 Å². The van der Waals surface area contributed by atoms with Crippen molar-refractivity contribution in [2.75, 3.05) is 26.6 Å². The van der Waals surface area contributed by atoms with E-state index in [0.717, 1.165) is 16.8 Å². The number of amides is 1. The zero-order chi connectivity index (χ0) is 28.4. The van der Waals surface area contributed by atoms with E-state index in [1.807, 2.05) is 43.3 Å². The molecule has 0 radical (unpaired) electrons. The summed E-state index contributed by atoms with van der Waals surface area (Å²) in [5, 5.41) is 6.90. The van der Waals surface area contributed by atoms with Gasteiger partial charge in [0.05, 0.1) is 21.3 Å². The van der Waals surface area contributed by atoms with Crippen LogP contribution in [0.25, 0.3) is 0 Å². The minimum atomic E-state index is -0.609. The molecule has 2 aliphatic rings. The van der Waals surface area contributed by atoms with E-state index in [2.05, 4.69) is 10.6 Å². The number of halogens is 1. The third-order valence-electron chi connectivity index (χ3n) is 7.52. The first-order chi connectivity index (χ1) is 19.3. The van der Waals surface area contributed by atoms with Gasteiger partial charge >= 0.3 is 0 Å². The minimum Gasteiger partial charge on any atom is -0.497 e. The number of rotatable bonds is 7. The molecule has 0 bridgehead atoms. The van der Waals surface area contributed by atoms with Crippen LogP contribution in [0.15, 0.2) is 89.3 Å². The molecule has 0 spiro atoms. The molecule has 1 heterocycles. The quantitative estimate of drug-likeness (QED) is 0.351. The molecule has 7 nitrogen and oxygen atoms in total. The maximum Gasteiger partial charge on any atom is 0.254 e. The van der Waals surface area contributed by atoms with Gasteiger partial charge in [0.1, 0.15) is 5.75 Å². The van der Waals surface area contributed by atoms with Crippen molar-refractivity contribution in [1.82, 2.24) is 5.32 Å². The largest absolute Gasteiger partial charge is 0.497 e. The fourth-order valence-electron chi connectivity index (χ4n) is 5.58. The van der Waals surface area contributed by atoms with E-state index < -0.39 is 5.92 Å². The molecular formula is C32H31ClN2O5. The Bertz CT molecular complexity index is 1530. The number of hydrogen-bond donors (Lipinski definition) is 2. The van der Waals surface area contributed by atoms with E-state index in [0.29, 0.717) is 57.6 Å². The van der Waals surface area contributed by atoms with Gasteiger partial charge in [0.25, 0.3) is 5.91 Å². The highest BCUT2D eigenvalue weighted by molar-refractivity contribution is 6.31. The van der Waals surface area contributed by atoms with Gasteiger partial charge in [-0.05, 0) is 72.9 Å². The summed E-state index contributed by atoms with van der Waals surface area (Å²) >= 11 is 6.69. The number of methoxy groups -OCH3 is 3. The molecule has 0 aromatic heterocycles. The van der Waals surface area contributed by atoms with Crippen LogP contribution in [0.3, 0.4) is 0 Å². The van der Waals surface area contributed by atoms with Crippen molar-refractivity contribution in [2.45, 2.75) is 31.6 Å². The number of ketones is 1. The third-order valence-corrected chi connectivity index (χ3v) is 7.86. The number of dihydropyridines is 1. The Balaban J connectivity index is 1.53. The van der Waals surface area contributed by atoms with Crippen molar-refractivity contribution >= 4 is 29.0 Å². The van der Waals surface area contributed by atoms with Crippen molar-refractivity contribution < 1.29 is 23.8 Å². The highest BCUT2D eigenvalue weighted by atomic mass is 35.5. The van der Waals surface area contributed by atoms with Crippen molar-refractivity contribution in [3.05, 3.63) is 105 Å². The second kappa shape index (κ2) is 11.5. The van der Waals surface area contributed by atoms with E-state index in [1.54, 1.807) is 51.7 Å². The van der Waals surface area contributed by atoms with Gasteiger partial charge in [-0.3, -0.25) is 9.59 Å². The smallest absolute Gasteiger partial charge is 0.254 e. The van der Waals surface area contributed by atoms with Gasteiger partial charge in [0.2, 0.25) is 0 Å². The summed E-state index contributed by atoms with van der Waals surface area (Å²) in [5.74, 6) is 0.936. The normalized spacial score (nSPS) is 18.6. The molecule has 40 heavy (non-hydrogen) atoms. The Morgan fingerprint density at radius 2 is 1.65 bits per heavy atom.